The van der Waals surface area contributed by atoms with Crippen molar-refractivity contribution in [3.8, 4) is 0 Å². The highest BCUT2D eigenvalue weighted by Gasteiger charge is 2.25. The number of rotatable bonds is 5. The fourth-order valence-corrected chi connectivity index (χ4v) is 3.83. The van der Waals surface area contributed by atoms with Crippen molar-refractivity contribution in [2.45, 2.75) is 33.7 Å². The Balaban J connectivity index is 1.86. The van der Waals surface area contributed by atoms with Crippen LogP contribution in [0.25, 0.3) is 0 Å². The maximum Gasteiger partial charge on any atom is 0.262 e. The Kier molecular flexibility index (Phi) is 5.88. The third-order valence-electron chi connectivity index (χ3n) is 4.57. The number of hydrogen-bond donors (Lipinski definition) is 2. The number of benzene rings is 1. The number of nitrogens with zero attached hydrogens (tertiary/aromatic N) is 2. The molecule has 3 aromatic rings. The van der Waals surface area contributed by atoms with Crippen LogP contribution in [0.15, 0.2) is 48.8 Å². The van der Waals surface area contributed by atoms with Crippen molar-refractivity contribution >= 4 is 28.2 Å². The molecule has 0 spiro atoms. The Morgan fingerprint density at radius 1 is 1.17 bits per heavy atom. The summed E-state index contributed by atoms with van der Waals surface area (Å²) >= 11 is 1.28. The third-order valence-corrected chi connectivity index (χ3v) is 5.72. The van der Waals surface area contributed by atoms with Gasteiger partial charge in [-0.15, -0.1) is 11.3 Å². The van der Waals surface area contributed by atoms with E-state index >= 15 is 0 Å². The van der Waals surface area contributed by atoms with E-state index in [9.17, 15) is 9.59 Å². The van der Waals surface area contributed by atoms with Crippen LogP contribution in [-0.4, -0.2) is 21.4 Å². The van der Waals surface area contributed by atoms with Crippen LogP contribution in [-0.2, 0) is 11.8 Å². The smallest absolute Gasteiger partial charge is 0.262 e. The van der Waals surface area contributed by atoms with Gasteiger partial charge in [-0.2, -0.15) is 0 Å². The summed E-state index contributed by atoms with van der Waals surface area (Å²) in [7, 11) is 1.90. The van der Waals surface area contributed by atoms with E-state index < -0.39 is 5.41 Å². The van der Waals surface area contributed by atoms with Crippen molar-refractivity contribution in [3.05, 3.63) is 70.6 Å². The lowest BCUT2D eigenvalue weighted by Crippen LogP contribution is -2.31. The number of hydrogen-bond acceptors (Lipinski definition) is 4. The molecule has 3 rings (SSSR count). The first-order valence-electron chi connectivity index (χ1n) is 9.41. The summed E-state index contributed by atoms with van der Waals surface area (Å²) in [6.07, 6.45) is 3.57. The molecule has 1 aromatic carbocycles. The van der Waals surface area contributed by atoms with E-state index in [1.165, 1.54) is 11.3 Å². The molecule has 1 unspecified atom stereocenters. The van der Waals surface area contributed by atoms with Gasteiger partial charge in [0, 0.05) is 24.9 Å². The van der Waals surface area contributed by atoms with Gasteiger partial charge in [-0.1, -0.05) is 51.1 Å². The molecule has 0 aliphatic heterocycles. The summed E-state index contributed by atoms with van der Waals surface area (Å²) < 4.78 is 1.90. The second-order valence-corrected chi connectivity index (χ2v) is 9.09. The van der Waals surface area contributed by atoms with Crippen LogP contribution >= 0.6 is 11.3 Å². The summed E-state index contributed by atoms with van der Waals surface area (Å²) in [5.41, 5.74) is 1.27. The van der Waals surface area contributed by atoms with Gasteiger partial charge < -0.3 is 15.2 Å². The molecule has 2 heterocycles. The van der Waals surface area contributed by atoms with Crippen molar-refractivity contribution in [2.75, 3.05) is 5.32 Å². The van der Waals surface area contributed by atoms with Gasteiger partial charge in [-0.05, 0) is 24.1 Å². The van der Waals surface area contributed by atoms with Gasteiger partial charge in [0.15, 0.2) is 0 Å². The van der Waals surface area contributed by atoms with Gasteiger partial charge in [0.05, 0.1) is 9.88 Å². The minimum Gasteiger partial charge on any atom is -0.337 e. The average molecular weight is 411 g/mol. The van der Waals surface area contributed by atoms with Crippen LogP contribution in [0.1, 0.15) is 53.4 Å². The highest BCUT2D eigenvalue weighted by Crippen LogP contribution is 2.29. The molecule has 2 aromatic heterocycles. The molecule has 0 aliphatic carbocycles. The molecule has 2 N–H and O–H groups in total. The van der Waals surface area contributed by atoms with Gasteiger partial charge in [0.2, 0.25) is 5.91 Å². The lowest BCUT2D eigenvalue weighted by molar-refractivity contribution is -0.123. The molecule has 1 atom stereocenters. The van der Waals surface area contributed by atoms with Crippen LogP contribution in [0, 0.1) is 12.3 Å². The summed E-state index contributed by atoms with van der Waals surface area (Å²) in [5, 5.41) is 6.68. The molecule has 0 aliphatic rings. The lowest BCUT2D eigenvalue weighted by atomic mass is 9.96. The monoisotopic (exact) mass is 410 g/mol. The van der Waals surface area contributed by atoms with Crippen LogP contribution < -0.4 is 10.6 Å². The molecular formula is C22H26N4O2S. The molecule has 0 saturated carbocycles. The number of nitrogens with one attached hydrogen (secondary N) is 2. The maximum absolute atomic E-state index is 13.1. The molecule has 29 heavy (non-hydrogen) atoms. The highest BCUT2D eigenvalue weighted by atomic mass is 32.1. The molecule has 6 nitrogen and oxygen atoms in total. The van der Waals surface area contributed by atoms with E-state index in [0.29, 0.717) is 9.88 Å². The van der Waals surface area contributed by atoms with Gasteiger partial charge in [0.1, 0.15) is 11.9 Å². The Morgan fingerprint density at radius 3 is 2.45 bits per heavy atom. The number of anilines is 1. The fourth-order valence-electron chi connectivity index (χ4n) is 2.86. The van der Waals surface area contributed by atoms with Gasteiger partial charge in [-0.3, -0.25) is 9.59 Å². The van der Waals surface area contributed by atoms with Gasteiger partial charge in [-0.25, -0.2) is 4.98 Å². The standard InChI is InChI=1S/C22H26N4O2S/c1-14-13-16(24-21(28)22(2,3)4)29-18(14)20(27)25-17(15-9-7-6-8-10-15)19-23-11-12-26(19)5/h6-13,17H,1-5H3,(H,24,28)(H,25,27). The van der Waals surface area contributed by atoms with Gasteiger partial charge in [0.25, 0.3) is 5.91 Å². The second kappa shape index (κ2) is 8.21. The number of aryl methyl sites for hydroxylation is 2. The summed E-state index contributed by atoms with van der Waals surface area (Å²) in [5.74, 6) is 0.474. The second-order valence-electron chi connectivity index (χ2n) is 8.04. The molecular weight excluding hydrogens is 384 g/mol. The van der Waals surface area contributed by atoms with Crippen LogP contribution in [0.5, 0.6) is 0 Å². The number of imidazole rings is 1. The maximum atomic E-state index is 13.1. The lowest BCUT2D eigenvalue weighted by Gasteiger charge is -2.19. The molecule has 2 amide bonds. The van der Waals surface area contributed by atoms with E-state index in [0.717, 1.165) is 17.0 Å². The zero-order valence-electron chi connectivity index (χ0n) is 17.3. The highest BCUT2D eigenvalue weighted by molar-refractivity contribution is 7.18. The van der Waals surface area contributed by atoms with Crippen molar-refractivity contribution in [2.24, 2.45) is 12.5 Å². The van der Waals surface area contributed by atoms with Crippen molar-refractivity contribution in [1.82, 2.24) is 14.9 Å². The number of aromatic nitrogens is 2. The normalized spacial score (nSPS) is 12.4. The van der Waals surface area contributed by atoms with Crippen LogP contribution in [0.4, 0.5) is 5.00 Å². The quantitative estimate of drug-likeness (QED) is 0.659. The predicted octanol–water partition coefficient (Wildman–Crippen LogP) is 4.29. The average Bonchev–Trinajstić information content (AvgIpc) is 3.25. The number of amides is 2. The Hall–Kier alpha value is -2.93. The molecule has 152 valence electrons. The van der Waals surface area contributed by atoms with Crippen molar-refractivity contribution < 1.29 is 9.59 Å². The summed E-state index contributed by atoms with van der Waals surface area (Å²) in [4.78, 5) is 30.4. The van der Waals surface area contributed by atoms with E-state index in [4.69, 9.17) is 0 Å². The zero-order chi connectivity index (χ0) is 21.2. The number of thiophene rings is 1. The Labute approximate surface area is 175 Å². The SMILES string of the molecule is Cc1cc(NC(=O)C(C)(C)C)sc1C(=O)NC(c1ccccc1)c1nccn1C. The Morgan fingerprint density at radius 2 is 1.86 bits per heavy atom. The van der Waals surface area contributed by atoms with E-state index in [-0.39, 0.29) is 17.9 Å². The van der Waals surface area contributed by atoms with E-state index in [1.54, 1.807) is 6.20 Å². The first kappa shape index (κ1) is 20.8. The first-order chi connectivity index (χ1) is 13.7. The molecule has 0 radical (unpaired) electrons. The molecule has 7 heteroatoms. The zero-order valence-corrected chi connectivity index (χ0v) is 18.1. The van der Waals surface area contributed by atoms with Crippen molar-refractivity contribution in [1.29, 1.82) is 0 Å². The summed E-state index contributed by atoms with van der Waals surface area (Å²) in [6, 6.07) is 11.2. The van der Waals surface area contributed by atoms with Gasteiger partial charge >= 0.3 is 0 Å². The number of carbonyl (C=O) groups is 2. The fraction of sp³-hybridized carbons (Fsp3) is 0.318. The number of carbonyl (C=O) groups excluding carboxylic acids is 2. The Bertz CT molecular complexity index is 1020. The van der Waals surface area contributed by atoms with Crippen LogP contribution in [0.3, 0.4) is 0 Å². The molecule has 0 bridgehead atoms. The molecule has 0 saturated heterocycles. The third kappa shape index (κ3) is 4.74. The van der Waals surface area contributed by atoms with E-state index in [2.05, 4.69) is 15.6 Å². The largest absolute Gasteiger partial charge is 0.337 e. The summed E-state index contributed by atoms with van der Waals surface area (Å²) in [6.45, 7) is 7.44. The topological polar surface area (TPSA) is 76.0 Å². The molecule has 0 fully saturated rings. The van der Waals surface area contributed by atoms with Crippen molar-refractivity contribution in [3.63, 3.8) is 0 Å². The minimum absolute atomic E-state index is 0.0825. The van der Waals surface area contributed by atoms with Crippen LogP contribution in [0.2, 0.25) is 0 Å². The first-order valence-corrected chi connectivity index (χ1v) is 10.2. The predicted molar refractivity (Wildman–Crippen MR) is 116 cm³/mol. The minimum atomic E-state index is -0.503. The van der Waals surface area contributed by atoms with E-state index in [1.807, 2.05) is 81.9 Å².